The number of ether oxygens (including phenoxy) is 1. The van der Waals surface area contributed by atoms with Gasteiger partial charge >= 0.3 is 5.97 Å². The molecule has 8 nitrogen and oxygen atoms in total. The molecule has 0 aliphatic heterocycles. The van der Waals surface area contributed by atoms with Gasteiger partial charge in [0.2, 0.25) is 0 Å². The van der Waals surface area contributed by atoms with Gasteiger partial charge in [-0.1, -0.05) is 169 Å². The van der Waals surface area contributed by atoms with Gasteiger partial charge in [0.05, 0.1) is 12.0 Å². The lowest BCUT2D eigenvalue weighted by Gasteiger charge is -2.32. The molecular weight excluding hydrogens is 608 g/mol. The van der Waals surface area contributed by atoms with Gasteiger partial charge in [-0.05, 0) is 32.1 Å². The summed E-state index contributed by atoms with van der Waals surface area (Å²) in [4.78, 5) is 40.3. The van der Waals surface area contributed by atoms with Gasteiger partial charge in [0.1, 0.15) is 0 Å². The number of carbonyl (C=O) groups is 4. The molecule has 0 aromatic rings. The molecule has 0 aromatic carbocycles. The van der Waals surface area contributed by atoms with Gasteiger partial charge in [0.25, 0.3) is 17.9 Å². The van der Waals surface area contributed by atoms with Crippen molar-refractivity contribution >= 4 is 23.9 Å². The molecule has 0 unspecified atom stereocenters. The normalized spacial score (nSPS) is 10.5. The van der Waals surface area contributed by atoms with Crippen LogP contribution in [-0.4, -0.2) is 45.8 Å². The molecule has 0 aliphatic carbocycles. The molecule has 0 spiro atoms. The summed E-state index contributed by atoms with van der Waals surface area (Å²) in [5.41, 5.74) is -0.225. The first-order valence-electron chi connectivity index (χ1n) is 19.6. The van der Waals surface area contributed by atoms with E-state index in [9.17, 15) is 4.79 Å². The Bertz CT molecular complexity index is 657. The fraction of sp³-hybridized carbons (Fsp3) is 0.900. The number of hydrogen-bond acceptors (Lipinski definition) is 5. The van der Waals surface area contributed by atoms with E-state index in [2.05, 4.69) is 27.7 Å². The van der Waals surface area contributed by atoms with Crippen LogP contribution in [0.4, 0.5) is 0 Å². The Kier molecular flexibility index (Phi) is 45.1. The van der Waals surface area contributed by atoms with Crippen LogP contribution >= 0.6 is 0 Å². The predicted octanol–water partition coefficient (Wildman–Crippen LogP) is 12.3. The summed E-state index contributed by atoms with van der Waals surface area (Å²) >= 11 is 0. The maximum atomic E-state index is 13.3. The van der Waals surface area contributed by atoms with Gasteiger partial charge in [-0.15, -0.1) is 0 Å². The number of unbranched alkanes of at least 4 members (excludes halogenated alkanes) is 14. The maximum absolute atomic E-state index is 13.3. The number of esters is 1. The summed E-state index contributed by atoms with van der Waals surface area (Å²) in [5.74, 6) is -1.46. The van der Waals surface area contributed by atoms with Crippen LogP contribution in [0.25, 0.3) is 0 Å². The highest BCUT2D eigenvalue weighted by atomic mass is 16.5. The van der Waals surface area contributed by atoms with E-state index >= 15 is 0 Å². The molecule has 0 radical (unpaired) electrons. The molecule has 0 saturated heterocycles. The molecule has 0 fully saturated rings. The second-order valence-corrected chi connectivity index (χ2v) is 13.3. The Morgan fingerprint density at radius 1 is 0.458 bits per heavy atom. The number of carboxylic acids is 3. The molecule has 0 atom stereocenters. The van der Waals surface area contributed by atoms with Crippen LogP contribution in [0.2, 0.25) is 0 Å². The summed E-state index contributed by atoms with van der Waals surface area (Å²) in [7, 11) is 0. The van der Waals surface area contributed by atoms with Gasteiger partial charge in [-0.25, -0.2) is 0 Å². The quantitative estimate of drug-likeness (QED) is 0.0545. The molecular formula is C40H80O8. The van der Waals surface area contributed by atoms with E-state index in [-0.39, 0.29) is 11.4 Å². The third kappa shape index (κ3) is 46.0. The largest absolute Gasteiger partial charge is 0.481 e. The minimum absolute atomic E-state index is 0.114. The van der Waals surface area contributed by atoms with Gasteiger partial charge in [0.15, 0.2) is 0 Å². The van der Waals surface area contributed by atoms with E-state index in [1.54, 1.807) is 0 Å². The van der Waals surface area contributed by atoms with Crippen LogP contribution in [0.3, 0.4) is 0 Å². The summed E-state index contributed by atoms with van der Waals surface area (Å²) in [6.45, 7) is 14.9. The highest BCUT2D eigenvalue weighted by Gasteiger charge is 2.38. The monoisotopic (exact) mass is 689 g/mol. The Morgan fingerprint density at radius 2 is 0.708 bits per heavy atom. The van der Waals surface area contributed by atoms with Crippen LogP contribution in [0, 0.1) is 11.3 Å². The van der Waals surface area contributed by atoms with E-state index < -0.39 is 17.9 Å². The summed E-state index contributed by atoms with van der Waals surface area (Å²) < 4.78 is 5.71. The maximum Gasteiger partial charge on any atom is 0.312 e. The molecule has 0 saturated carbocycles. The zero-order valence-corrected chi connectivity index (χ0v) is 32.8. The SMILES string of the molecule is CC(=O)O.CC(=O)O.CC(=O)O.CCCCCCC(CCCCCC)CCCCCC(CCCCCC)(CCCCCC)C(=O)OCC. The van der Waals surface area contributed by atoms with Gasteiger partial charge in [0, 0.05) is 20.8 Å². The Morgan fingerprint density at radius 3 is 0.958 bits per heavy atom. The number of rotatable bonds is 28. The zero-order valence-electron chi connectivity index (χ0n) is 32.8. The van der Waals surface area contributed by atoms with Crippen LogP contribution in [0.5, 0.6) is 0 Å². The summed E-state index contributed by atoms with van der Waals surface area (Å²) in [6.07, 6.45) is 32.3. The van der Waals surface area contributed by atoms with Crippen molar-refractivity contribution in [1.82, 2.24) is 0 Å². The Hall–Kier alpha value is -2.12. The smallest absolute Gasteiger partial charge is 0.312 e. The van der Waals surface area contributed by atoms with E-state index in [1.165, 1.54) is 141 Å². The molecule has 288 valence electrons. The van der Waals surface area contributed by atoms with Crippen molar-refractivity contribution in [2.45, 2.75) is 216 Å². The van der Waals surface area contributed by atoms with Crippen LogP contribution in [0.1, 0.15) is 216 Å². The highest BCUT2D eigenvalue weighted by Crippen LogP contribution is 2.39. The zero-order chi connectivity index (χ0) is 37.5. The van der Waals surface area contributed by atoms with Crippen molar-refractivity contribution in [2.24, 2.45) is 11.3 Å². The molecule has 0 amide bonds. The van der Waals surface area contributed by atoms with E-state index in [0.29, 0.717) is 6.61 Å². The van der Waals surface area contributed by atoms with Crippen molar-refractivity contribution in [1.29, 1.82) is 0 Å². The topological polar surface area (TPSA) is 138 Å². The first kappa shape index (κ1) is 52.7. The predicted molar refractivity (Wildman–Crippen MR) is 201 cm³/mol. The average molecular weight is 689 g/mol. The molecule has 0 aromatic heterocycles. The average Bonchev–Trinajstić information content (AvgIpc) is 3.00. The fourth-order valence-corrected chi connectivity index (χ4v) is 5.97. The molecule has 48 heavy (non-hydrogen) atoms. The van der Waals surface area contributed by atoms with Crippen LogP contribution in [0.15, 0.2) is 0 Å². The van der Waals surface area contributed by atoms with Gasteiger partial charge in [-0.2, -0.15) is 0 Å². The lowest BCUT2D eigenvalue weighted by Crippen LogP contribution is -2.33. The lowest BCUT2D eigenvalue weighted by atomic mass is 9.73. The Balaban J connectivity index is -0.000000687. The highest BCUT2D eigenvalue weighted by molar-refractivity contribution is 5.76. The molecule has 3 N–H and O–H groups in total. The lowest BCUT2D eigenvalue weighted by molar-refractivity contribution is -0.157. The van der Waals surface area contributed by atoms with Crippen molar-refractivity contribution in [3.63, 3.8) is 0 Å². The minimum atomic E-state index is -0.833. The van der Waals surface area contributed by atoms with Crippen molar-refractivity contribution in [3.8, 4) is 0 Å². The first-order chi connectivity index (χ1) is 22.8. The summed E-state index contributed by atoms with van der Waals surface area (Å²) in [6, 6.07) is 0. The summed E-state index contributed by atoms with van der Waals surface area (Å²) in [5, 5.41) is 22.2. The second kappa shape index (κ2) is 41.1. The van der Waals surface area contributed by atoms with Gasteiger partial charge in [-0.3, -0.25) is 19.2 Å². The van der Waals surface area contributed by atoms with Crippen molar-refractivity contribution < 1.29 is 39.2 Å². The first-order valence-corrected chi connectivity index (χ1v) is 19.6. The number of hydrogen-bond donors (Lipinski definition) is 3. The standard InChI is InChI=1S/C34H68O2.3C2H4O2/c1-6-11-15-20-26-32(27-21-16-12-7-2)28-22-19-25-31-34(33(35)36-10-5,29-23-17-13-8-3)30-24-18-14-9-4;3*1-2(3)4/h32H,6-31H2,1-5H3;3*1H3,(H,3,4). The van der Waals surface area contributed by atoms with Crippen LogP contribution < -0.4 is 0 Å². The molecule has 0 aliphatic rings. The van der Waals surface area contributed by atoms with Gasteiger partial charge < -0.3 is 20.1 Å². The van der Waals surface area contributed by atoms with E-state index in [1.807, 2.05) is 6.92 Å². The second-order valence-electron chi connectivity index (χ2n) is 13.3. The minimum Gasteiger partial charge on any atom is -0.481 e. The molecule has 8 heteroatoms. The van der Waals surface area contributed by atoms with E-state index in [4.69, 9.17) is 34.4 Å². The third-order valence-corrected chi connectivity index (χ3v) is 8.43. The third-order valence-electron chi connectivity index (χ3n) is 8.43. The molecule has 0 bridgehead atoms. The van der Waals surface area contributed by atoms with Crippen LogP contribution in [-0.2, 0) is 23.9 Å². The Labute approximate surface area is 296 Å². The number of aliphatic carboxylic acids is 3. The number of carbonyl (C=O) groups excluding carboxylic acids is 1. The van der Waals surface area contributed by atoms with Crippen molar-refractivity contribution in [2.75, 3.05) is 6.61 Å². The van der Waals surface area contributed by atoms with Crippen molar-refractivity contribution in [3.05, 3.63) is 0 Å². The molecule has 0 heterocycles. The fourth-order valence-electron chi connectivity index (χ4n) is 5.97. The number of carboxylic acid groups (broad SMARTS) is 3. The molecule has 0 rings (SSSR count). The van der Waals surface area contributed by atoms with E-state index in [0.717, 1.165) is 46.0 Å².